The van der Waals surface area contributed by atoms with Crippen LogP contribution < -0.4 is 5.73 Å². The minimum Gasteiger partial charge on any atom is -0.481 e. The van der Waals surface area contributed by atoms with Crippen LogP contribution in [0.1, 0.15) is 37.3 Å². The van der Waals surface area contributed by atoms with E-state index in [9.17, 15) is 18.0 Å². The van der Waals surface area contributed by atoms with Crippen molar-refractivity contribution in [1.82, 2.24) is 0 Å². The van der Waals surface area contributed by atoms with E-state index < -0.39 is 29.5 Å². The SMILES string of the molecule is NC(CCCCC(=O)O)c1c(F)cc(F)cc1F. The van der Waals surface area contributed by atoms with Gasteiger partial charge in [-0.2, -0.15) is 0 Å². The molecule has 6 heteroatoms. The van der Waals surface area contributed by atoms with Crippen LogP contribution in [0.2, 0.25) is 0 Å². The lowest BCUT2D eigenvalue weighted by atomic mass is 10.00. The lowest BCUT2D eigenvalue weighted by molar-refractivity contribution is -0.137. The van der Waals surface area contributed by atoms with E-state index in [1.54, 1.807) is 0 Å². The summed E-state index contributed by atoms with van der Waals surface area (Å²) in [5.74, 6) is -3.95. The molecule has 100 valence electrons. The summed E-state index contributed by atoms with van der Waals surface area (Å²) in [6.45, 7) is 0. The second-order valence-corrected chi connectivity index (χ2v) is 4.03. The number of carboxylic acid groups (broad SMARTS) is 1. The van der Waals surface area contributed by atoms with Crippen LogP contribution in [-0.4, -0.2) is 11.1 Å². The van der Waals surface area contributed by atoms with Crippen LogP contribution in [0.25, 0.3) is 0 Å². The summed E-state index contributed by atoms with van der Waals surface area (Å²) >= 11 is 0. The molecular formula is C12H14F3NO2. The molecule has 0 saturated carbocycles. The van der Waals surface area contributed by atoms with Gasteiger partial charge < -0.3 is 10.8 Å². The number of nitrogens with two attached hydrogens (primary N) is 1. The molecule has 1 unspecified atom stereocenters. The van der Waals surface area contributed by atoms with Crippen molar-refractivity contribution in [2.24, 2.45) is 5.73 Å². The van der Waals surface area contributed by atoms with E-state index in [4.69, 9.17) is 10.8 Å². The standard InChI is InChI=1S/C12H14F3NO2/c13-7-5-8(14)12(9(15)6-7)10(16)3-1-2-4-11(17)18/h5-6,10H,1-4,16H2,(H,17,18). The first-order valence-electron chi connectivity index (χ1n) is 5.53. The van der Waals surface area contributed by atoms with E-state index in [1.807, 2.05) is 0 Å². The molecule has 0 bridgehead atoms. The number of aliphatic carboxylic acids is 1. The molecule has 0 aromatic heterocycles. The quantitative estimate of drug-likeness (QED) is 0.774. The third-order valence-corrected chi connectivity index (χ3v) is 2.57. The van der Waals surface area contributed by atoms with Gasteiger partial charge in [0.15, 0.2) is 0 Å². The molecule has 18 heavy (non-hydrogen) atoms. The van der Waals surface area contributed by atoms with Gasteiger partial charge in [0.25, 0.3) is 0 Å². The van der Waals surface area contributed by atoms with E-state index in [-0.39, 0.29) is 18.4 Å². The Kier molecular flexibility index (Phi) is 5.15. The normalized spacial score (nSPS) is 12.4. The molecule has 0 saturated heterocycles. The van der Waals surface area contributed by atoms with Gasteiger partial charge >= 0.3 is 5.97 Å². The van der Waals surface area contributed by atoms with Crippen molar-refractivity contribution in [1.29, 1.82) is 0 Å². The first-order valence-corrected chi connectivity index (χ1v) is 5.53. The zero-order valence-corrected chi connectivity index (χ0v) is 9.63. The Morgan fingerprint density at radius 1 is 1.22 bits per heavy atom. The number of halogens is 3. The molecule has 1 atom stereocenters. The molecule has 0 radical (unpaired) electrons. The van der Waals surface area contributed by atoms with E-state index in [0.717, 1.165) is 0 Å². The number of hydrogen-bond donors (Lipinski definition) is 2. The van der Waals surface area contributed by atoms with Gasteiger partial charge in [0, 0.05) is 30.2 Å². The number of unbranched alkanes of at least 4 members (excludes halogenated alkanes) is 1. The highest BCUT2D eigenvalue weighted by molar-refractivity contribution is 5.66. The molecule has 3 N–H and O–H groups in total. The highest BCUT2D eigenvalue weighted by atomic mass is 19.1. The summed E-state index contributed by atoms with van der Waals surface area (Å²) in [6, 6.07) is 0.254. The summed E-state index contributed by atoms with van der Waals surface area (Å²) < 4.78 is 39.4. The highest BCUT2D eigenvalue weighted by Gasteiger charge is 2.18. The van der Waals surface area contributed by atoms with Gasteiger partial charge in [-0.15, -0.1) is 0 Å². The van der Waals surface area contributed by atoms with Gasteiger partial charge in [-0.3, -0.25) is 4.79 Å². The van der Waals surface area contributed by atoms with E-state index in [2.05, 4.69) is 0 Å². The van der Waals surface area contributed by atoms with Crippen LogP contribution in [0.15, 0.2) is 12.1 Å². The molecule has 1 aromatic rings. The van der Waals surface area contributed by atoms with Crippen molar-refractivity contribution in [2.75, 3.05) is 0 Å². The lowest BCUT2D eigenvalue weighted by Crippen LogP contribution is -2.14. The Morgan fingerprint density at radius 2 is 1.78 bits per heavy atom. The second-order valence-electron chi connectivity index (χ2n) is 4.03. The average molecular weight is 261 g/mol. The maximum atomic E-state index is 13.3. The number of benzene rings is 1. The van der Waals surface area contributed by atoms with Crippen molar-refractivity contribution in [3.8, 4) is 0 Å². The average Bonchev–Trinajstić information content (AvgIpc) is 2.22. The van der Waals surface area contributed by atoms with Gasteiger partial charge in [0.1, 0.15) is 17.5 Å². The van der Waals surface area contributed by atoms with E-state index in [0.29, 0.717) is 25.0 Å². The van der Waals surface area contributed by atoms with Crippen LogP contribution in [0.4, 0.5) is 13.2 Å². The van der Waals surface area contributed by atoms with Crippen molar-refractivity contribution in [3.63, 3.8) is 0 Å². The van der Waals surface area contributed by atoms with Crippen LogP contribution in [0.3, 0.4) is 0 Å². The predicted octanol–water partition coefficient (Wildman–Crippen LogP) is 2.75. The number of carboxylic acids is 1. The summed E-state index contributed by atoms with van der Waals surface area (Å²) in [4.78, 5) is 10.3. The van der Waals surface area contributed by atoms with Gasteiger partial charge in [0.2, 0.25) is 0 Å². The summed E-state index contributed by atoms with van der Waals surface area (Å²) in [5.41, 5.74) is 5.26. The summed E-state index contributed by atoms with van der Waals surface area (Å²) in [5, 5.41) is 8.42. The Balaban J connectivity index is 2.61. The Labute approximate surface area is 102 Å². The lowest BCUT2D eigenvalue weighted by Gasteiger charge is -2.13. The fourth-order valence-corrected chi connectivity index (χ4v) is 1.69. The van der Waals surface area contributed by atoms with Crippen molar-refractivity contribution >= 4 is 5.97 Å². The van der Waals surface area contributed by atoms with Gasteiger partial charge in [-0.1, -0.05) is 6.42 Å². The summed E-state index contributed by atoms with van der Waals surface area (Å²) in [6.07, 6.45) is 1.05. The van der Waals surface area contributed by atoms with Crippen LogP contribution in [-0.2, 0) is 4.79 Å². The maximum absolute atomic E-state index is 13.3. The molecule has 1 rings (SSSR count). The largest absolute Gasteiger partial charge is 0.481 e. The van der Waals surface area contributed by atoms with Crippen molar-refractivity contribution in [2.45, 2.75) is 31.7 Å². The minimum absolute atomic E-state index is 0.0128. The van der Waals surface area contributed by atoms with E-state index >= 15 is 0 Å². The number of rotatable bonds is 6. The van der Waals surface area contributed by atoms with Crippen molar-refractivity contribution < 1.29 is 23.1 Å². The third kappa shape index (κ3) is 4.03. The van der Waals surface area contributed by atoms with Crippen LogP contribution in [0, 0.1) is 17.5 Å². The Hall–Kier alpha value is -1.56. The molecule has 0 aliphatic heterocycles. The first-order chi connectivity index (χ1) is 8.41. The Bertz CT molecular complexity index is 414. The molecule has 0 fully saturated rings. The number of hydrogen-bond acceptors (Lipinski definition) is 2. The molecule has 0 spiro atoms. The predicted molar refractivity (Wildman–Crippen MR) is 59.3 cm³/mol. The van der Waals surface area contributed by atoms with E-state index in [1.165, 1.54) is 0 Å². The zero-order valence-electron chi connectivity index (χ0n) is 9.63. The minimum atomic E-state index is -1.02. The molecule has 0 heterocycles. The maximum Gasteiger partial charge on any atom is 0.303 e. The molecular weight excluding hydrogens is 247 g/mol. The highest BCUT2D eigenvalue weighted by Crippen LogP contribution is 2.24. The monoisotopic (exact) mass is 261 g/mol. The van der Waals surface area contributed by atoms with Crippen molar-refractivity contribution in [3.05, 3.63) is 35.1 Å². The zero-order chi connectivity index (χ0) is 13.7. The van der Waals surface area contributed by atoms with Crippen LogP contribution in [0.5, 0.6) is 0 Å². The molecule has 0 aliphatic carbocycles. The van der Waals surface area contributed by atoms with Crippen LogP contribution >= 0.6 is 0 Å². The van der Waals surface area contributed by atoms with Gasteiger partial charge in [0.05, 0.1) is 0 Å². The fourth-order valence-electron chi connectivity index (χ4n) is 1.69. The molecule has 0 aliphatic rings. The second kappa shape index (κ2) is 6.39. The Morgan fingerprint density at radius 3 is 2.28 bits per heavy atom. The smallest absolute Gasteiger partial charge is 0.303 e. The summed E-state index contributed by atoms with van der Waals surface area (Å²) in [7, 11) is 0. The molecule has 3 nitrogen and oxygen atoms in total. The van der Waals surface area contributed by atoms with Gasteiger partial charge in [-0.05, 0) is 12.8 Å². The molecule has 1 aromatic carbocycles. The first kappa shape index (κ1) is 14.5. The van der Waals surface area contributed by atoms with Gasteiger partial charge in [-0.25, -0.2) is 13.2 Å². The number of carbonyl (C=O) groups is 1. The topological polar surface area (TPSA) is 63.3 Å². The fraction of sp³-hybridized carbons (Fsp3) is 0.417. The molecule has 0 amide bonds. The third-order valence-electron chi connectivity index (χ3n) is 2.57.